The molecule has 0 heterocycles. The lowest BCUT2D eigenvalue weighted by Gasteiger charge is -2.18. The molecule has 0 radical (unpaired) electrons. The van der Waals surface area contributed by atoms with Crippen LogP contribution in [0.4, 0.5) is 5.69 Å². The molecule has 16 heavy (non-hydrogen) atoms. The summed E-state index contributed by atoms with van der Waals surface area (Å²) in [4.78, 5) is 1.31. The highest BCUT2D eigenvalue weighted by molar-refractivity contribution is 7.98. The predicted molar refractivity (Wildman–Crippen MR) is 70.2 cm³/mol. The molecule has 1 aliphatic carbocycles. The van der Waals surface area contributed by atoms with Crippen LogP contribution in [-0.2, 0) is 4.74 Å². The molecule has 0 saturated heterocycles. The van der Waals surface area contributed by atoms with Crippen LogP contribution >= 0.6 is 11.8 Å². The maximum absolute atomic E-state index is 5.26. The molecule has 0 bridgehead atoms. The summed E-state index contributed by atoms with van der Waals surface area (Å²) < 4.78 is 5.26. The zero-order chi connectivity index (χ0) is 11.4. The van der Waals surface area contributed by atoms with E-state index in [1.54, 1.807) is 18.9 Å². The highest BCUT2D eigenvalue weighted by Gasteiger charge is 2.30. The van der Waals surface area contributed by atoms with Gasteiger partial charge in [0.1, 0.15) is 0 Å². The van der Waals surface area contributed by atoms with Gasteiger partial charge in [0.15, 0.2) is 0 Å². The second-order valence-corrected chi connectivity index (χ2v) is 5.15. The van der Waals surface area contributed by atoms with Gasteiger partial charge in [0, 0.05) is 17.7 Å². The van der Waals surface area contributed by atoms with Crippen LogP contribution in [0, 0.1) is 5.92 Å². The highest BCUT2D eigenvalue weighted by Crippen LogP contribution is 2.34. The van der Waals surface area contributed by atoms with E-state index < -0.39 is 0 Å². The van der Waals surface area contributed by atoms with Gasteiger partial charge in [-0.3, -0.25) is 0 Å². The van der Waals surface area contributed by atoms with E-state index in [9.17, 15) is 0 Å². The fourth-order valence-corrected chi connectivity index (χ4v) is 2.28. The van der Waals surface area contributed by atoms with Crippen molar-refractivity contribution < 1.29 is 4.74 Å². The van der Waals surface area contributed by atoms with Gasteiger partial charge >= 0.3 is 0 Å². The largest absolute Gasteiger partial charge is 0.383 e. The van der Waals surface area contributed by atoms with Gasteiger partial charge in [0.2, 0.25) is 0 Å². The Balaban J connectivity index is 1.94. The Morgan fingerprint density at radius 2 is 2.06 bits per heavy atom. The molecule has 1 fully saturated rings. The van der Waals surface area contributed by atoms with Crippen molar-refractivity contribution >= 4 is 17.4 Å². The fourth-order valence-electron chi connectivity index (χ4n) is 1.88. The Morgan fingerprint density at radius 3 is 2.56 bits per heavy atom. The number of thioether (sulfide) groups is 1. The minimum absolute atomic E-state index is 0.477. The van der Waals surface area contributed by atoms with Crippen molar-refractivity contribution in [2.75, 3.05) is 25.3 Å². The summed E-state index contributed by atoms with van der Waals surface area (Å²) in [5, 5.41) is 3.56. The van der Waals surface area contributed by atoms with E-state index in [4.69, 9.17) is 4.74 Å². The summed E-state index contributed by atoms with van der Waals surface area (Å²) in [6.07, 6.45) is 4.77. The van der Waals surface area contributed by atoms with Gasteiger partial charge < -0.3 is 10.1 Å². The molecule has 0 spiro atoms. The molecule has 0 amide bonds. The fraction of sp³-hybridized carbons (Fsp3) is 0.538. The van der Waals surface area contributed by atoms with Crippen LogP contribution in [0.3, 0.4) is 0 Å². The number of hydrogen-bond donors (Lipinski definition) is 1. The third-order valence-corrected chi connectivity index (χ3v) is 3.72. The number of anilines is 1. The summed E-state index contributed by atoms with van der Waals surface area (Å²) in [6, 6.07) is 9.09. The van der Waals surface area contributed by atoms with Crippen LogP contribution in [0.25, 0.3) is 0 Å². The molecule has 2 rings (SSSR count). The molecule has 1 saturated carbocycles. The lowest BCUT2D eigenvalue weighted by atomic mass is 10.2. The molecule has 1 aromatic rings. The normalized spacial score (nSPS) is 17.1. The van der Waals surface area contributed by atoms with Gasteiger partial charge in [-0.15, -0.1) is 11.8 Å². The van der Waals surface area contributed by atoms with Gasteiger partial charge in [0.05, 0.1) is 12.6 Å². The van der Waals surface area contributed by atoms with E-state index in [2.05, 4.69) is 35.8 Å². The number of benzene rings is 1. The minimum Gasteiger partial charge on any atom is -0.383 e. The summed E-state index contributed by atoms with van der Waals surface area (Å²) >= 11 is 1.77. The first-order valence-corrected chi connectivity index (χ1v) is 6.95. The Morgan fingerprint density at radius 1 is 1.38 bits per heavy atom. The molecule has 0 aromatic heterocycles. The zero-order valence-corrected chi connectivity index (χ0v) is 10.7. The standard InChI is InChI=1S/C13H19NOS/c1-15-9-13(10-3-4-10)14-11-5-7-12(16-2)8-6-11/h5-8,10,13-14H,3-4,9H2,1-2H3. The summed E-state index contributed by atoms with van der Waals surface area (Å²) in [7, 11) is 1.77. The molecular weight excluding hydrogens is 218 g/mol. The molecule has 0 aliphatic heterocycles. The molecule has 1 N–H and O–H groups in total. The average Bonchev–Trinajstić information content (AvgIpc) is 3.13. The lowest BCUT2D eigenvalue weighted by molar-refractivity contribution is 0.179. The van der Waals surface area contributed by atoms with Crippen molar-refractivity contribution in [3.63, 3.8) is 0 Å². The molecule has 2 nitrogen and oxygen atoms in total. The van der Waals surface area contributed by atoms with E-state index in [-0.39, 0.29) is 0 Å². The first-order chi connectivity index (χ1) is 7.83. The van der Waals surface area contributed by atoms with Gasteiger partial charge in [0.25, 0.3) is 0 Å². The molecule has 1 unspecified atom stereocenters. The number of hydrogen-bond acceptors (Lipinski definition) is 3. The quantitative estimate of drug-likeness (QED) is 0.767. The third-order valence-electron chi connectivity index (χ3n) is 2.98. The van der Waals surface area contributed by atoms with E-state index in [1.165, 1.54) is 23.4 Å². The highest BCUT2D eigenvalue weighted by atomic mass is 32.2. The van der Waals surface area contributed by atoms with Crippen LogP contribution in [0.5, 0.6) is 0 Å². The van der Waals surface area contributed by atoms with Crippen molar-refractivity contribution in [3.05, 3.63) is 24.3 Å². The van der Waals surface area contributed by atoms with E-state index in [1.807, 2.05) is 0 Å². The van der Waals surface area contributed by atoms with E-state index >= 15 is 0 Å². The third kappa shape index (κ3) is 3.16. The lowest BCUT2D eigenvalue weighted by Crippen LogP contribution is -2.27. The van der Waals surface area contributed by atoms with Crippen molar-refractivity contribution in [2.45, 2.75) is 23.8 Å². The molecular formula is C13H19NOS. The Kier molecular flexibility index (Phi) is 4.13. The van der Waals surface area contributed by atoms with Crippen molar-refractivity contribution in [3.8, 4) is 0 Å². The second kappa shape index (κ2) is 5.60. The molecule has 3 heteroatoms. The Hall–Kier alpha value is -0.670. The van der Waals surface area contributed by atoms with Crippen LogP contribution in [0.15, 0.2) is 29.2 Å². The number of ether oxygens (including phenoxy) is 1. The SMILES string of the molecule is COCC(Nc1ccc(SC)cc1)C1CC1. The number of methoxy groups -OCH3 is 1. The minimum atomic E-state index is 0.477. The average molecular weight is 237 g/mol. The van der Waals surface area contributed by atoms with Crippen molar-refractivity contribution in [2.24, 2.45) is 5.92 Å². The van der Waals surface area contributed by atoms with Gasteiger partial charge in [-0.25, -0.2) is 0 Å². The first-order valence-electron chi connectivity index (χ1n) is 5.73. The smallest absolute Gasteiger partial charge is 0.0666 e. The molecule has 88 valence electrons. The maximum atomic E-state index is 5.26. The Labute approximate surface area is 102 Å². The summed E-state index contributed by atoms with van der Waals surface area (Å²) in [5.41, 5.74) is 1.20. The summed E-state index contributed by atoms with van der Waals surface area (Å²) in [5.74, 6) is 0.806. The zero-order valence-electron chi connectivity index (χ0n) is 9.90. The van der Waals surface area contributed by atoms with Crippen molar-refractivity contribution in [1.82, 2.24) is 0 Å². The first kappa shape index (κ1) is 11.8. The van der Waals surface area contributed by atoms with Gasteiger partial charge in [-0.2, -0.15) is 0 Å². The van der Waals surface area contributed by atoms with Crippen LogP contribution < -0.4 is 5.32 Å². The summed E-state index contributed by atoms with van der Waals surface area (Å²) in [6.45, 7) is 0.801. The van der Waals surface area contributed by atoms with Crippen molar-refractivity contribution in [1.29, 1.82) is 0 Å². The van der Waals surface area contributed by atoms with E-state index in [0.717, 1.165) is 12.5 Å². The predicted octanol–water partition coefficient (Wildman–Crippen LogP) is 3.25. The molecule has 1 atom stereocenters. The van der Waals surface area contributed by atoms with Gasteiger partial charge in [-0.05, 0) is 49.3 Å². The van der Waals surface area contributed by atoms with Crippen LogP contribution in [0.1, 0.15) is 12.8 Å². The van der Waals surface area contributed by atoms with Crippen LogP contribution in [-0.4, -0.2) is 26.0 Å². The second-order valence-electron chi connectivity index (χ2n) is 4.27. The topological polar surface area (TPSA) is 21.3 Å². The van der Waals surface area contributed by atoms with E-state index in [0.29, 0.717) is 6.04 Å². The van der Waals surface area contributed by atoms with Crippen LogP contribution in [0.2, 0.25) is 0 Å². The molecule has 1 aliphatic rings. The maximum Gasteiger partial charge on any atom is 0.0666 e. The monoisotopic (exact) mass is 237 g/mol. The number of nitrogens with one attached hydrogen (secondary N) is 1. The Bertz CT molecular complexity index is 321. The number of rotatable bonds is 6. The van der Waals surface area contributed by atoms with Gasteiger partial charge in [-0.1, -0.05) is 0 Å². The molecule has 1 aromatic carbocycles.